The minimum atomic E-state index is -1.32. The molecule has 6 fully saturated rings. The smallest absolute Gasteiger partial charge is 0.160 e. The molecule has 7 aliphatic carbocycles. The van der Waals surface area contributed by atoms with Gasteiger partial charge in [0.05, 0.1) is 31.2 Å². The molecule has 9 aliphatic rings. The van der Waals surface area contributed by atoms with Crippen LogP contribution in [0.2, 0.25) is 0 Å². The van der Waals surface area contributed by atoms with E-state index in [2.05, 4.69) is 88.4 Å². The number of carbonyl (C=O) groups excluding carboxylic acids is 2. The summed E-state index contributed by atoms with van der Waals surface area (Å²) in [5, 5.41) is 62.6. The average molecular weight is 1040 g/mol. The summed E-state index contributed by atoms with van der Waals surface area (Å²) in [4.78, 5) is 32.4. The van der Waals surface area contributed by atoms with Crippen molar-refractivity contribution in [1.29, 1.82) is 0 Å². The molecular weight excluding hydrogens is 963 g/mol. The number of methoxy groups -OCH3 is 1. The van der Waals surface area contributed by atoms with E-state index in [1.165, 1.54) is 44.1 Å². The Kier molecular flexibility index (Phi) is 13.3. The van der Waals surface area contributed by atoms with Gasteiger partial charge in [-0.3, -0.25) is 9.59 Å². The molecule has 1 saturated heterocycles. The first-order valence-corrected chi connectivity index (χ1v) is 29.4. The second kappa shape index (κ2) is 20.0. The normalized spacial score (nSPS) is 35.8. The molecular formula is C65H79N5O7. The molecule has 13 rings (SSSR count). The molecule has 2 aliphatic heterocycles. The molecule has 0 unspecified atom stereocenters. The van der Waals surface area contributed by atoms with E-state index in [1.807, 2.05) is 18.2 Å². The molecule has 1 aromatic heterocycles. The molecule has 0 bridgehead atoms. The SMILES string of the molecule is COc1cc2c(cc1O)[C@@H](C[C@H](O)[C@H](O)C[C@H](C1=CCNC(N)=C1)c1ccc3ccccc3c1)C#C[C@@]1(CC[C@@H]3[C@@H](CC[C@@H]4[C@@H]5CN[C@@H]6CC(=O)C[C@H]7c8cc[nH]c8[C@H]([C@@H](CNC8(C)CCCC8)[C@@H]34)[C@@H]5[C@@H]67)[C@H]1O)C(=O)CC2. The predicted molar refractivity (Wildman–Crippen MR) is 297 cm³/mol. The van der Waals surface area contributed by atoms with Crippen molar-refractivity contribution in [2.45, 2.75) is 150 Å². The Morgan fingerprint density at radius 3 is 2.51 bits per heavy atom. The standard InChI is InChI=1S/C65H79N5O7/c1-64(19-5-6-20-64)70-34-50-58-42(49-33-69-51-30-41(71)29-48-44-18-24-68-62(44)61(50)60(49)59(48)51)12-13-45-43(58)16-22-65(63(45)76)21-15-39(47-32-54(74)55(77-2)27-38(47)11-14-56(65)75)26-52(72)53(73)31-46(40-17-23-67-57(66)28-40)37-10-9-35-7-3-4-8-36(35)25-37/h3-4,7-10,17-18,24-25,27-28,32,39,42-43,45-46,48-53,58-61,63,67-70,72-74,76H,5-6,11-14,16,19-20,22-23,26,29-31,33-34,66H2,1-2H3/t39-,42-,43-,45-,46+,48+,49+,50+,51-,52+,53-,58-,59-,60+,61-,63-,65-/m1/s1. The fourth-order valence-electron chi connectivity index (χ4n) is 18.3. The summed E-state index contributed by atoms with van der Waals surface area (Å²) in [6.07, 6.45) is 12.6. The minimum Gasteiger partial charge on any atom is -0.504 e. The number of benzene rings is 3. The first kappa shape index (κ1) is 51.0. The summed E-state index contributed by atoms with van der Waals surface area (Å²) in [6.45, 7) is 4.79. The van der Waals surface area contributed by atoms with E-state index in [0.29, 0.717) is 90.8 Å². The van der Waals surface area contributed by atoms with E-state index in [9.17, 15) is 25.2 Å². The van der Waals surface area contributed by atoms with Crippen LogP contribution in [-0.2, 0) is 16.0 Å². The monoisotopic (exact) mass is 1040 g/mol. The number of carbonyl (C=O) groups is 2. The van der Waals surface area contributed by atoms with Crippen molar-refractivity contribution in [3.63, 3.8) is 0 Å². The molecule has 10 N–H and O–H groups in total. The molecule has 4 aromatic rings. The molecule has 12 heteroatoms. The zero-order valence-electron chi connectivity index (χ0n) is 44.9. The number of aromatic nitrogens is 1. The van der Waals surface area contributed by atoms with Crippen LogP contribution in [-0.4, -0.2) is 93.6 Å². The van der Waals surface area contributed by atoms with Crippen LogP contribution in [0.5, 0.6) is 11.5 Å². The highest BCUT2D eigenvalue weighted by molar-refractivity contribution is 5.89. The fourth-order valence-corrected chi connectivity index (χ4v) is 18.3. The van der Waals surface area contributed by atoms with Gasteiger partial charge < -0.3 is 51.8 Å². The third-order valence-corrected chi connectivity index (χ3v) is 21.8. The number of hydrogen-bond acceptors (Lipinski definition) is 11. The largest absolute Gasteiger partial charge is 0.504 e. The summed E-state index contributed by atoms with van der Waals surface area (Å²) in [5.74, 6) is 10.3. The van der Waals surface area contributed by atoms with Crippen molar-refractivity contribution >= 4 is 22.3 Å². The zero-order valence-corrected chi connectivity index (χ0v) is 44.9. The fraction of sp³-hybridized carbons (Fsp3) is 0.569. The van der Waals surface area contributed by atoms with Gasteiger partial charge in [0.25, 0.3) is 0 Å². The van der Waals surface area contributed by atoms with E-state index in [1.54, 1.807) is 12.1 Å². The lowest BCUT2D eigenvalue weighted by atomic mass is 9.40. The third kappa shape index (κ3) is 8.77. The molecule has 406 valence electrons. The van der Waals surface area contributed by atoms with Gasteiger partial charge in [0, 0.05) is 67.0 Å². The molecule has 1 spiro atoms. The number of nitrogens with two attached hydrogens (primary N) is 1. The molecule has 5 saturated carbocycles. The zero-order chi connectivity index (χ0) is 52.9. The highest BCUT2D eigenvalue weighted by atomic mass is 16.5. The summed E-state index contributed by atoms with van der Waals surface area (Å²) >= 11 is 0. The molecule has 12 nitrogen and oxygen atoms in total. The highest BCUT2D eigenvalue weighted by Crippen LogP contribution is 2.68. The van der Waals surface area contributed by atoms with Crippen molar-refractivity contribution in [2.75, 3.05) is 26.7 Å². The molecule has 0 amide bonds. The van der Waals surface area contributed by atoms with Gasteiger partial charge in [-0.2, -0.15) is 0 Å². The Bertz CT molecular complexity index is 3070. The number of ether oxygens (including phenoxy) is 1. The van der Waals surface area contributed by atoms with Gasteiger partial charge in [-0.1, -0.05) is 73.2 Å². The third-order valence-electron chi connectivity index (χ3n) is 21.8. The van der Waals surface area contributed by atoms with Crippen molar-refractivity contribution < 1.29 is 34.8 Å². The lowest BCUT2D eigenvalue weighted by Gasteiger charge is -2.66. The summed E-state index contributed by atoms with van der Waals surface area (Å²) in [6, 6.07) is 20.4. The average Bonchev–Trinajstić information content (AvgIpc) is 4.32. The van der Waals surface area contributed by atoms with Gasteiger partial charge in [0.1, 0.15) is 11.2 Å². The van der Waals surface area contributed by atoms with Gasteiger partial charge >= 0.3 is 0 Å². The maximum absolute atomic E-state index is 15.2. The number of rotatable bonds is 11. The molecule has 0 radical (unpaired) electrons. The Balaban J connectivity index is 0.830. The quantitative estimate of drug-likeness (QED) is 0.0657. The number of piperidine rings is 1. The minimum absolute atomic E-state index is 0.0370. The molecule has 3 heterocycles. The second-order valence-corrected chi connectivity index (χ2v) is 25.6. The Hall–Kier alpha value is -5.42. The van der Waals surface area contributed by atoms with Crippen molar-refractivity contribution in [3.8, 4) is 23.3 Å². The maximum atomic E-state index is 15.2. The summed E-state index contributed by atoms with van der Waals surface area (Å²) in [5.41, 5.74) is 11.2. The lowest BCUT2D eigenvalue weighted by Crippen LogP contribution is -2.67. The van der Waals surface area contributed by atoms with E-state index < -0.39 is 29.6 Å². The molecule has 3 aromatic carbocycles. The number of nitrogens with one attached hydrogen (secondary N) is 4. The molecule has 17 atom stereocenters. The topological polar surface area (TPSA) is 202 Å². The van der Waals surface area contributed by atoms with E-state index >= 15 is 4.79 Å². The second-order valence-electron chi connectivity index (χ2n) is 25.6. The van der Waals surface area contributed by atoms with Crippen molar-refractivity contribution in [1.82, 2.24) is 20.9 Å². The predicted octanol–water partition coefficient (Wildman–Crippen LogP) is 8.12. The van der Waals surface area contributed by atoms with E-state index in [4.69, 9.17) is 10.5 Å². The van der Waals surface area contributed by atoms with Crippen LogP contribution < -0.4 is 26.4 Å². The number of H-pyrrole nitrogens is 1. The van der Waals surface area contributed by atoms with Gasteiger partial charge in [-0.15, -0.1) is 0 Å². The number of dihydropyridines is 1. The van der Waals surface area contributed by atoms with Crippen molar-refractivity contribution in [2.24, 2.45) is 58.5 Å². The maximum Gasteiger partial charge on any atom is 0.160 e. The first-order valence-electron chi connectivity index (χ1n) is 29.4. The number of fused-ring (bicyclic) bond motifs is 9. The first-order chi connectivity index (χ1) is 37.3. The van der Waals surface area contributed by atoms with Crippen LogP contribution in [0, 0.1) is 64.6 Å². The van der Waals surface area contributed by atoms with Crippen LogP contribution in [0.25, 0.3) is 10.8 Å². The number of phenols is 1. The summed E-state index contributed by atoms with van der Waals surface area (Å²) in [7, 11) is 1.51. The van der Waals surface area contributed by atoms with Gasteiger partial charge in [-0.25, -0.2) is 0 Å². The van der Waals surface area contributed by atoms with Crippen LogP contribution in [0.15, 0.2) is 90.4 Å². The van der Waals surface area contributed by atoms with Crippen LogP contribution in [0.4, 0.5) is 0 Å². The Labute approximate surface area is 453 Å². The number of aliphatic hydroxyl groups is 3. The number of phenolic OH excluding ortho intramolecular Hbond substituents is 1. The lowest BCUT2D eigenvalue weighted by molar-refractivity contribution is -0.165. The van der Waals surface area contributed by atoms with Crippen LogP contribution in [0.1, 0.15) is 142 Å². The van der Waals surface area contributed by atoms with Gasteiger partial charge in [0.15, 0.2) is 17.3 Å². The number of allylic oxidation sites excluding steroid dienone is 2. The number of aromatic hydroxyl groups is 1. The number of aromatic amines is 1. The van der Waals surface area contributed by atoms with Crippen LogP contribution in [0.3, 0.4) is 0 Å². The Morgan fingerprint density at radius 2 is 1.69 bits per heavy atom. The van der Waals surface area contributed by atoms with E-state index in [0.717, 1.165) is 59.8 Å². The number of Topliss-reactive ketones (excluding diaryl/α,β-unsaturated/α-hetero) is 2. The van der Waals surface area contributed by atoms with E-state index in [-0.39, 0.29) is 71.8 Å². The van der Waals surface area contributed by atoms with Gasteiger partial charge in [-0.05, 0) is 194 Å². The van der Waals surface area contributed by atoms with Crippen LogP contribution >= 0.6 is 0 Å². The number of hydrogen-bond donors (Lipinski definition) is 9. The highest BCUT2D eigenvalue weighted by Gasteiger charge is 2.66. The molecule has 77 heavy (non-hydrogen) atoms. The summed E-state index contributed by atoms with van der Waals surface area (Å²) < 4.78 is 5.61. The van der Waals surface area contributed by atoms with Crippen molar-refractivity contribution in [3.05, 3.63) is 118 Å². The number of aryl methyl sites for hydroxylation is 1. The Morgan fingerprint density at radius 1 is 0.883 bits per heavy atom. The van der Waals surface area contributed by atoms with Gasteiger partial charge in [0.2, 0.25) is 0 Å². The number of aliphatic hydroxyl groups excluding tert-OH is 3. The number of ketones is 2.